The third kappa shape index (κ3) is 4.86. The summed E-state index contributed by atoms with van der Waals surface area (Å²) in [5.41, 5.74) is 0.652. The fraction of sp³-hybridized carbons (Fsp3) is 0.429. The molecule has 0 heterocycles. The third-order valence-electron chi connectivity index (χ3n) is 3.08. The topological polar surface area (TPSA) is 91.8 Å². The summed E-state index contributed by atoms with van der Waals surface area (Å²) in [6, 6.07) is 6.09. The van der Waals surface area contributed by atoms with Crippen LogP contribution in [0.15, 0.2) is 29.2 Å². The molecule has 1 aromatic rings. The van der Waals surface area contributed by atoms with Gasteiger partial charge in [-0.25, -0.2) is 8.42 Å². The SMILES string of the molecule is CCN(CC(=O)O)C(=O)Cc1ccc(S(=O)(=O)CC)cc1. The Morgan fingerprint density at radius 3 is 2.14 bits per heavy atom. The number of rotatable bonds is 7. The zero-order valence-corrected chi connectivity index (χ0v) is 12.9. The lowest BCUT2D eigenvalue weighted by Gasteiger charge is -2.18. The molecule has 0 aromatic heterocycles. The molecule has 1 amide bonds. The summed E-state index contributed by atoms with van der Waals surface area (Å²) >= 11 is 0. The minimum atomic E-state index is -3.25. The van der Waals surface area contributed by atoms with Gasteiger partial charge in [0.2, 0.25) is 5.91 Å². The summed E-state index contributed by atoms with van der Waals surface area (Å²) in [5, 5.41) is 8.72. The van der Waals surface area contributed by atoms with Gasteiger partial charge < -0.3 is 10.0 Å². The third-order valence-corrected chi connectivity index (χ3v) is 4.83. The molecule has 0 aliphatic carbocycles. The summed E-state index contributed by atoms with van der Waals surface area (Å²) in [6.07, 6.45) is 0.0492. The molecule has 6 nitrogen and oxygen atoms in total. The predicted molar refractivity (Wildman–Crippen MR) is 77.8 cm³/mol. The van der Waals surface area contributed by atoms with E-state index >= 15 is 0 Å². The predicted octanol–water partition coefficient (Wildman–Crippen LogP) is 0.956. The van der Waals surface area contributed by atoms with Crippen molar-refractivity contribution in [2.75, 3.05) is 18.8 Å². The zero-order valence-electron chi connectivity index (χ0n) is 12.1. The van der Waals surface area contributed by atoms with Crippen molar-refractivity contribution < 1.29 is 23.1 Å². The van der Waals surface area contributed by atoms with Crippen LogP contribution in [0.4, 0.5) is 0 Å². The first-order chi connectivity index (χ1) is 9.80. The van der Waals surface area contributed by atoms with E-state index in [0.717, 1.165) is 0 Å². The number of aliphatic carboxylic acids is 1. The molecular formula is C14H19NO5S. The Hall–Kier alpha value is -1.89. The largest absolute Gasteiger partial charge is 0.480 e. The van der Waals surface area contributed by atoms with Gasteiger partial charge in [-0.3, -0.25) is 9.59 Å². The van der Waals surface area contributed by atoms with Crippen LogP contribution in [-0.2, 0) is 25.8 Å². The van der Waals surface area contributed by atoms with Crippen molar-refractivity contribution in [3.05, 3.63) is 29.8 Å². The minimum Gasteiger partial charge on any atom is -0.480 e. The van der Waals surface area contributed by atoms with E-state index in [1.807, 2.05) is 0 Å². The average molecular weight is 313 g/mol. The summed E-state index contributed by atoms with van der Waals surface area (Å²) < 4.78 is 23.3. The first-order valence-corrected chi connectivity index (χ1v) is 8.26. The Labute approximate surface area is 124 Å². The normalized spacial score (nSPS) is 11.1. The summed E-state index contributed by atoms with van der Waals surface area (Å²) in [5.74, 6) is -1.34. The van der Waals surface area contributed by atoms with Gasteiger partial charge in [-0.1, -0.05) is 19.1 Å². The van der Waals surface area contributed by atoms with Crippen LogP contribution in [-0.4, -0.2) is 49.1 Å². The van der Waals surface area contributed by atoms with E-state index in [1.54, 1.807) is 26.0 Å². The number of carbonyl (C=O) groups is 2. The van der Waals surface area contributed by atoms with Gasteiger partial charge in [-0.05, 0) is 24.6 Å². The molecular weight excluding hydrogens is 294 g/mol. The van der Waals surface area contributed by atoms with Crippen LogP contribution in [0.3, 0.4) is 0 Å². The van der Waals surface area contributed by atoms with E-state index in [0.29, 0.717) is 12.1 Å². The second kappa shape index (κ2) is 7.21. The van der Waals surface area contributed by atoms with Crippen molar-refractivity contribution in [2.24, 2.45) is 0 Å². The van der Waals surface area contributed by atoms with E-state index in [1.165, 1.54) is 17.0 Å². The highest BCUT2D eigenvalue weighted by atomic mass is 32.2. The van der Waals surface area contributed by atoms with E-state index in [9.17, 15) is 18.0 Å². The number of hydrogen-bond acceptors (Lipinski definition) is 4. The van der Waals surface area contributed by atoms with Gasteiger partial charge in [0, 0.05) is 6.54 Å². The monoisotopic (exact) mass is 313 g/mol. The van der Waals surface area contributed by atoms with Crippen molar-refractivity contribution in [3.8, 4) is 0 Å². The molecule has 21 heavy (non-hydrogen) atoms. The number of benzene rings is 1. The van der Waals surface area contributed by atoms with Gasteiger partial charge in [0.25, 0.3) is 0 Å². The standard InChI is InChI=1S/C14H19NO5S/c1-3-15(10-14(17)18)13(16)9-11-5-7-12(8-6-11)21(19,20)4-2/h5-8H,3-4,9-10H2,1-2H3,(H,17,18). The van der Waals surface area contributed by atoms with Crippen LogP contribution in [0, 0.1) is 0 Å². The van der Waals surface area contributed by atoms with Crippen LogP contribution in [0.5, 0.6) is 0 Å². The highest BCUT2D eigenvalue weighted by molar-refractivity contribution is 7.91. The maximum Gasteiger partial charge on any atom is 0.323 e. The second-order valence-corrected chi connectivity index (χ2v) is 6.80. The molecule has 0 unspecified atom stereocenters. The molecule has 1 aromatic carbocycles. The number of hydrogen-bond donors (Lipinski definition) is 1. The molecule has 0 saturated carbocycles. The van der Waals surface area contributed by atoms with Crippen LogP contribution < -0.4 is 0 Å². The Morgan fingerprint density at radius 1 is 1.14 bits per heavy atom. The molecule has 0 aliphatic heterocycles. The summed E-state index contributed by atoms with van der Waals surface area (Å²) in [7, 11) is -3.25. The number of sulfone groups is 1. The maximum atomic E-state index is 12.0. The average Bonchev–Trinajstić information content (AvgIpc) is 2.45. The van der Waals surface area contributed by atoms with E-state index in [2.05, 4.69) is 0 Å². The molecule has 0 fully saturated rings. The van der Waals surface area contributed by atoms with Crippen molar-refractivity contribution in [1.82, 2.24) is 4.90 Å². The van der Waals surface area contributed by atoms with Crippen LogP contribution in [0.1, 0.15) is 19.4 Å². The van der Waals surface area contributed by atoms with Gasteiger partial charge in [-0.15, -0.1) is 0 Å². The number of nitrogens with zero attached hydrogens (tertiary/aromatic N) is 1. The number of carboxylic acid groups (broad SMARTS) is 1. The van der Waals surface area contributed by atoms with Gasteiger partial charge >= 0.3 is 5.97 Å². The first-order valence-electron chi connectivity index (χ1n) is 6.61. The maximum absolute atomic E-state index is 12.0. The quantitative estimate of drug-likeness (QED) is 0.809. The molecule has 0 saturated heterocycles. The highest BCUT2D eigenvalue weighted by Crippen LogP contribution is 2.13. The Bertz CT molecular complexity index is 607. The lowest BCUT2D eigenvalue weighted by atomic mass is 10.1. The smallest absolute Gasteiger partial charge is 0.323 e. The number of carbonyl (C=O) groups excluding carboxylic acids is 1. The minimum absolute atomic E-state index is 0.0213. The van der Waals surface area contributed by atoms with Gasteiger partial charge in [-0.2, -0.15) is 0 Å². The van der Waals surface area contributed by atoms with Crippen LogP contribution in [0.2, 0.25) is 0 Å². The zero-order chi connectivity index (χ0) is 16.0. The van der Waals surface area contributed by atoms with Crippen molar-refractivity contribution in [3.63, 3.8) is 0 Å². The van der Waals surface area contributed by atoms with Crippen LogP contribution in [0.25, 0.3) is 0 Å². The lowest BCUT2D eigenvalue weighted by molar-refractivity contribution is -0.144. The Kier molecular flexibility index (Phi) is 5.90. The molecule has 116 valence electrons. The summed E-state index contributed by atoms with van der Waals surface area (Å²) in [4.78, 5) is 24.1. The molecule has 0 atom stereocenters. The fourth-order valence-corrected chi connectivity index (χ4v) is 2.69. The Morgan fingerprint density at radius 2 is 1.71 bits per heavy atom. The molecule has 0 aliphatic rings. The summed E-state index contributed by atoms with van der Waals surface area (Å²) in [6.45, 7) is 3.25. The van der Waals surface area contributed by atoms with E-state index < -0.39 is 15.8 Å². The molecule has 1 N–H and O–H groups in total. The van der Waals surface area contributed by atoms with Gasteiger partial charge in [0.1, 0.15) is 6.54 Å². The number of carboxylic acids is 1. The molecule has 7 heteroatoms. The van der Waals surface area contributed by atoms with Gasteiger partial charge in [0.05, 0.1) is 17.1 Å². The fourth-order valence-electron chi connectivity index (χ4n) is 1.81. The van der Waals surface area contributed by atoms with Crippen molar-refractivity contribution in [2.45, 2.75) is 25.2 Å². The lowest BCUT2D eigenvalue weighted by Crippen LogP contribution is -2.36. The molecule has 1 rings (SSSR count). The Balaban J connectivity index is 2.80. The number of likely N-dealkylation sites (N-methyl/N-ethyl adjacent to an activating group) is 1. The van der Waals surface area contributed by atoms with E-state index in [-0.39, 0.29) is 29.5 Å². The molecule has 0 radical (unpaired) electrons. The second-order valence-electron chi connectivity index (χ2n) is 4.53. The first kappa shape index (κ1) is 17.2. The number of amides is 1. The molecule has 0 bridgehead atoms. The van der Waals surface area contributed by atoms with Crippen molar-refractivity contribution >= 4 is 21.7 Å². The van der Waals surface area contributed by atoms with Crippen LogP contribution >= 0.6 is 0 Å². The van der Waals surface area contributed by atoms with Crippen molar-refractivity contribution in [1.29, 1.82) is 0 Å². The highest BCUT2D eigenvalue weighted by Gasteiger charge is 2.16. The molecule has 0 spiro atoms. The van der Waals surface area contributed by atoms with E-state index in [4.69, 9.17) is 5.11 Å². The van der Waals surface area contributed by atoms with Gasteiger partial charge in [0.15, 0.2) is 9.84 Å².